The van der Waals surface area contributed by atoms with E-state index in [4.69, 9.17) is 0 Å². The highest BCUT2D eigenvalue weighted by atomic mass is 32.2. The fourth-order valence-electron chi connectivity index (χ4n) is 3.31. The number of nitrogens with one attached hydrogen (secondary N) is 1. The van der Waals surface area contributed by atoms with Gasteiger partial charge in [0.05, 0.1) is 11.0 Å². The van der Waals surface area contributed by atoms with Crippen LogP contribution in [0.2, 0.25) is 0 Å². The number of aliphatic hydroxyl groups is 1. The first-order valence-electron chi connectivity index (χ1n) is 9.78. The van der Waals surface area contributed by atoms with Gasteiger partial charge < -0.3 is 5.11 Å². The fraction of sp³-hybridized carbons (Fsp3) is 0.524. The van der Waals surface area contributed by atoms with E-state index in [1.807, 2.05) is 24.3 Å². The molecule has 0 aliphatic carbocycles. The Bertz CT molecular complexity index is 818. The predicted octanol–water partition coefficient (Wildman–Crippen LogP) is 3.38. The molecule has 1 aliphatic heterocycles. The zero-order chi connectivity index (χ0) is 19.9. The molecule has 5 nitrogen and oxygen atoms in total. The van der Waals surface area contributed by atoms with Crippen LogP contribution in [0, 0.1) is 0 Å². The highest BCUT2D eigenvalue weighted by Crippen LogP contribution is 2.22. The molecule has 0 saturated carbocycles. The second-order valence-electron chi connectivity index (χ2n) is 7.18. The predicted molar refractivity (Wildman–Crippen MR) is 111 cm³/mol. The van der Waals surface area contributed by atoms with Crippen LogP contribution in [0.15, 0.2) is 47.4 Å². The normalized spacial score (nSPS) is 18.9. The van der Waals surface area contributed by atoms with Gasteiger partial charge in [-0.1, -0.05) is 56.7 Å². The van der Waals surface area contributed by atoms with E-state index in [-0.39, 0.29) is 11.4 Å². The molecule has 1 fully saturated rings. The first kappa shape index (κ1) is 21.8. The van der Waals surface area contributed by atoms with Gasteiger partial charge in [0.1, 0.15) is 0 Å². The number of β-amino-alcohol motifs (C(OH)–C–C–N with tert-alkyl or cyclic N) is 1. The van der Waals surface area contributed by atoms with Gasteiger partial charge >= 0.3 is 0 Å². The number of aliphatic hydroxyl groups excluding tert-OH is 1. The number of benzene rings is 2. The fourth-order valence-corrected chi connectivity index (χ4v) is 4.61. The summed E-state index contributed by atoms with van der Waals surface area (Å²) in [6, 6.07) is 13.1. The minimum absolute atomic E-state index is 0.0226. The number of hydrogen-bond acceptors (Lipinski definition) is 4. The third-order valence-electron chi connectivity index (χ3n) is 4.68. The molecule has 150 valence electrons. The lowest BCUT2D eigenvalue weighted by molar-refractivity contribution is 0.112. The minimum Gasteiger partial charge on any atom is -0.390 e. The van der Waals surface area contributed by atoms with Gasteiger partial charge in [-0.15, -0.1) is 0 Å². The van der Waals surface area contributed by atoms with Gasteiger partial charge in [0.25, 0.3) is 0 Å². The molecule has 0 aromatic heterocycles. The highest BCUT2D eigenvalue weighted by molar-refractivity contribution is 7.89. The Hall–Kier alpha value is -1.47. The maximum atomic E-state index is 12.6. The van der Waals surface area contributed by atoms with Gasteiger partial charge in [0, 0.05) is 24.5 Å². The van der Waals surface area contributed by atoms with Crippen molar-refractivity contribution in [2.45, 2.75) is 57.1 Å². The first-order valence-corrected chi connectivity index (χ1v) is 11.3. The lowest BCUT2D eigenvalue weighted by Gasteiger charge is -2.24. The van der Waals surface area contributed by atoms with E-state index in [1.165, 1.54) is 6.42 Å². The van der Waals surface area contributed by atoms with Crippen LogP contribution >= 0.6 is 0 Å². The van der Waals surface area contributed by atoms with Crippen molar-refractivity contribution in [3.8, 4) is 0 Å². The van der Waals surface area contributed by atoms with Gasteiger partial charge in [-0.2, -0.15) is 0 Å². The lowest BCUT2D eigenvalue weighted by Crippen LogP contribution is -2.41. The Balaban J connectivity index is 0.000000817. The van der Waals surface area contributed by atoms with Gasteiger partial charge in [-0.3, -0.25) is 4.90 Å². The Morgan fingerprint density at radius 1 is 1.19 bits per heavy atom. The Morgan fingerprint density at radius 3 is 2.52 bits per heavy atom. The van der Waals surface area contributed by atoms with Crippen molar-refractivity contribution >= 4 is 20.8 Å². The van der Waals surface area contributed by atoms with E-state index in [2.05, 4.69) is 30.4 Å². The van der Waals surface area contributed by atoms with Crippen molar-refractivity contribution in [1.29, 1.82) is 0 Å². The number of rotatable bonds is 6. The SMILES string of the molecule is CC1CCCN1CC(O)CNS(=O)(=O)c1cccc2ccccc12.CCC. The van der Waals surface area contributed by atoms with E-state index in [9.17, 15) is 13.5 Å². The van der Waals surface area contributed by atoms with E-state index < -0.39 is 16.1 Å². The number of nitrogens with zero attached hydrogens (tertiary/aromatic N) is 1. The number of hydrogen-bond donors (Lipinski definition) is 2. The number of fused-ring (bicyclic) bond motifs is 1. The summed E-state index contributed by atoms with van der Waals surface area (Å²) in [4.78, 5) is 2.46. The van der Waals surface area contributed by atoms with Crippen LogP contribution in [0.5, 0.6) is 0 Å². The monoisotopic (exact) mass is 392 g/mol. The molecular formula is C21H32N2O3S. The lowest BCUT2D eigenvalue weighted by atomic mass is 10.1. The van der Waals surface area contributed by atoms with Gasteiger partial charge in [-0.05, 0) is 37.8 Å². The summed E-state index contributed by atoms with van der Waals surface area (Å²) in [5.41, 5.74) is 0. The maximum Gasteiger partial charge on any atom is 0.241 e. The third kappa shape index (κ3) is 6.01. The maximum absolute atomic E-state index is 12.6. The molecule has 1 aliphatic rings. The average molecular weight is 393 g/mol. The average Bonchev–Trinajstić information content (AvgIpc) is 3.05. The topological polar surface area (TPSA) is 69.6 Å². The molecule has 1 heterocycles. The van der Waals surface area contributed by atoms with E-state index in [0.29, 0.717) is 18.0 Å². The van der Waals surface area contributed by atoms with Crippen molar-refractivity contribution in [2.24, 2.45) is 0 Å². The van der Waals surface area contributed by atoms with Crippen LogP contribution in [0.1, 0.15) is 40.0 Å². The Kier molecular flexibility index (Phi) is 8.23. The summed E-state index contributed by atoms with van der Waals surface area (Å²) < 4.78 is 27.8. The molecule has 2 N–H and O–H groups in total. The largest absolute Gasteiger partial charge is 0.390 e. The molecular weight excluding hydrogens is 360 g/mol. The van der Waals surface area contributed by atoms with Crippen LogP contribution in [0.25, 0.3) is 10.8 Å². The zero-order valence-electron chi connectivity index (χ0n) is 16.6. The van der Waals surface area contributed by atoms with Crippen molar-refractivity contribution in [3.63, 3.8) is 0 Å². The van der Waals surface area contributed by atoms with Crippen LogP contribution in [-0.4, -0.2) is 50.2 Å². The van der Waals surface area contributed by atoms with Crippen LogP contribution in [0.3, 0.4) is 0 Å². The second-order valence-corrected chi connectivity index (χ2v) is 8.91. The zero-order valence-corrected chi connectivity index (χ0v) is 17.4. The van der Waals surface area contributed by atoms with Crippen LogP contribution in [0.4, 0.5) is 0 Å². The summed E-state index contributed by atoms with van der Waals surface area (Å²) >= 11 is 0. The molecule has 3 rings (SSSR count). The van der Waals surface area contributed by atoms with Crippen molar-refractivity contribution in [1.82, 2.24) is 9.62 Å². The molecule has 0 bridgehead atoms. The smallest absolute Gasteiger partial charge is 0.241 e. The molecule has 27 heavy (non-hydrogen) atoms. The summed E-state index contributed by atoms with van der Waals surface area (Å²) in [5.74, 6) is 0. The van der Waals surface area contributed by atoms with Crippen molar-refractivity contribution < 1.29 is 13.5 Å². The van der Waals surface area contributed by atoms with E-state index in [1.54, 1.807) is 18.2 Å². The Labute approximate surface area is 163 Å². The molecule has 0 amide bonds. The molecule has 0 spiro atoms. The molecule has 0 radical (unpaired) electrons. The van der Waals surface area contributed by atoms with Crippen molar-refractivity contribution in [2.75, 3.05) is 19.6 Å². The summed E-state index contributed by atoms with van der Waals surface area (Å²) in [5, 5.41) is 11.8. The quantitative estimate of drug-likeness (QED) is 0.791. The first-order chi connectivity index (χ1) is 12.9. The van der Waals surface area contributed by atoms with E-state index in [0.717, 1.165) is 24.8 Å². The summed E-state index contributed by atoms with van der Waals surface area (Å²) in [7, 11) is -3.66. The summed E-state index contributed by atoms with van der Waals surface area (Å²) in [6.45, 7) is 7.88. The number of sulfonamides is 1. The highest BCUT2D eigenvalue weighted by Gasteiger charge is 2.24. The second kappa shape index (κ2) is 10.2. The molecule has 2 aromatic carbocycles. The van der Waals surface area contributed by atoms with Crippen LogP contribution < -0.4 is 4.72 Å². The Morgan fingerprint density at radius 2 is 1.85 bits per heavy atom. The van der Waals surface area contributed by atoms with Gasteiger partial charge in [-0.25, -0.2) is 13.1 Å². The molecule has 6 heteroatoms. The van der Waals surface area contributed by atoms with Crippen LogP contribution in [-0.2, 0) is 10.0 Å². The molecule has 2 aromatic rings. The van der Waals surface area contributed by atoms with Gasteiger partial charge in [0.15, 0.2) is 0 Å². The molecule has 2 unspecified atom stereocenters. The third-order valence-corrected chi connectivity index (χ3v) is 6.17. The van der Waals surface area contributed by atoms with Gasteiger partial charge in [0.2, 0.25) is 10.0 Å². The standard InChI is InChI=1S/C18H24N2O3S.C3H8/c1-14-6-5-11-20(14)13-16(21)12-19-24(22,23)18-10-4-8-15-7-2-3-9-17(15)18;1-3-2/h2-4,7-10,14,16,19,21H,5-6,11-13H2,1H3;3H2,1-2H3. The van der Waals surface area contributed by atoms with Crippen molar-refractivity contribution in [3.05, 3.63) is 42.5 Å². The minimum atomic E-state index is -3.66. The van der Waals surface area contributed by atoms with E-state index >= 15 is 0 Å². The number of likely N-dealkylation sites (tertiary alicyclic amines) is 1. The molecule has 1 saturated heterocycles. The molecule has 2 atom stereocenters. The summed E-state index contributed by atoms with van der Waals surface area (Å²) in [6.07, 6.45) is 2.81.